The van der Waals surface area contributed by atoms with E-state index in [1.54, 1.807) is 12.5 Å². The number of aryl methyl sites for hydroxylation is 1. The molecule has 1 aromatic heterocycles. The maximum Gasteiger partial charge on any atom is 0.272 e. The van der Waals surface area contributed by atoms with E-state index >= 15 is 0 Å². The lowest BCUT2D eigenvalue weighted by Gasteiger charge is -2.42. The van der Waals surface area contributed by atoms with Crippen molar-refractivity contribution >= 4 is 5.91 Å². The zero-order valence-corrected chi connectivity index (χ0v) is 13.9. The average molecular weight is 304 g/mol. The lowest BCUT2D eigenvalue weighted by Crippen LogP contribution is -2.47. The maximum absolute atomic E-state index is 12.6. The van der Waals surface area contributed by atoms with Crippen LogP contribution in [0.15, 0.2) is 12.5 Å². The second kappa shape index (κ2) is 6.82. The lowest BCUT2D eigenvalue weighted by molar-refractivity contribution is 0.0546. The van der Waals surface area contributed by atoms with Crippen LogP contribution in [-0.2, 0) is 6.54 Å². The number of piperidine rings is 2. The van der Waals surface area contributed by atoms with Gasteiger partial charge in [0.05, 0.1) is 12.5 Å². The van der Waals surface area contributed by atoms with Gasteiger partial charge in [-0.3, -0.25) is 4.79 Å². The molecule has 0 bridgehead atoms. The third-order valence-electron chi connectivity index (χ3n) is 5.47. The second-order valence-electron chi connectivity index (χ2n) is 6.74. The Hall–Kier alpha value is -1.36. The number of rotatable bonds is 3. The van der Waals surface area contributed by atoms with Gasteiger partial charge in [-0.2, -0.15) is 0 Å². The minimum atomic E-state index is 0.148. The number of hydrogen-bond donors (Lipinski definition) is 0. The van der Waals surface area contributed by atoms with Crippen molar-refractivity contribution in [3.8, 4) is 0 Å². The number of carbonyl (C=O) groups is 1. The van der Waals surface area contributed by atoms with Crippen molar-refractivity contribution in [1.82, 2.24) is 19.4 Å². The Morgan fingerprint density at radius 2 is 2.00 bits per heavy atom. The molecule has 0 N–H and O–H groups in total. The summed E-state index contributed by atoms with van der Waals surface area (Å²) in [5.41, 5.74) is 0.732. The third kappa shape index (κ3) is 3.05. The highest BCUT2D eigenvalue weighted by molar-refractivity contribution is 5.92. The van der Waals surface area contributed by atoms with Gasteiger partial charge in [0.1, 0.15) is 5.69 Å². The van der Waals surface area contributed by atoms with Gasteiger partial charge in [0, 0.05) is 25.7 Å². The summed E-state index contributed by atoms with van der Waals surface area (Å²) in [4.78, 5) is 21.3. The van der Waals surface area contributed by atoms with Crippen LogP contribution in [0, 0.1) is 5.92 Å². The Kier molecular flexibility index (Phi) is 4.81. The Bertz CT molecular complexity index is 505. The normalized spacial score (nSPS) is 24.6. The molecule has 1 amide bonds. The number of carbonyl (C=O) groups excluding carboxylic acids is 1. The van der Waals surface area contributed by atoms with Crippen LogP contribution in [0.2, 0.25) is 0 Å². The summed E-state index contributed by atoms with van der Waals surface area (Å²) in [6.45, 7) is 5.86. The fourth-order valence-corrected chi connectivity index (χ4v) is 4.10. The summed E-state index contributed by atoms with van der Waals surface area (Å²) in [6.07, 6.45) is 9.76. The molecule has 0 aliphatic carbocycles. The summed E-state index contributed by atoms with van der Waals surface area (Å²) in [5, 5.41) is 0. The number of imidazole rings is 1. The van der Waals surface area contributed by atoms with Crippen LogP contribution in [-0.4, -0.2) is 58.0 Å². The summed E-state index contributed by atoms with van der Waals surface area (Å²) < 4.78 is 1.93. The molecule has 122 valence electrons. The SMILES string of the molecule is CCn1cncc1C(=O)N1CCC([C@H]2CCCCN2C)CC1. The van der Waals surface area contributed by atoms with E-state index in [0.717, 1.165) is 50.1 Å². The highest BCUT2D eigenvalue weighted by Crippen LogP contribution is 2.30. The molecule has 3 rings (SSSR count). The first kappa shape index (κ1) is 15.5. The van der Waals surface area contributed by atoms with E-state index in [1.807, 2.05) is 16.4 Å². The monoisotopic (exact) mass is 304 g/mol. The Morgan fingerprint density at radius 1 is 1.23 bits per heavy atom. The molecule has 0 spiro atoms. The first-order valence-electron chi connectivity index (χ1n) is 8.70. The quantitative estimate of drug-likeness (QED) is 0.860. The molecule has 0 radical (unpaired) electrons. The van der Waals surface area contributed by atoms with Crippen LogP contribution >= 0.6 is 0 Å². The van der Waals surface area contributed by atoms with E-state index < -0.39 is 0 Å². The van der Waals surface area contributed by atoms with Gasteiger partial charge < -0.3 is 14.4 Å². The number of hydrogen-bond acceptors (Lipinski definition) is 3. The zero-order valence-electron chi connectivity index (χ0n) is 13.9. The molecule has 5 heteroatoms. The van der Waals surface area contributed by atoms with Gasteiger partial charge in [0.2, 0.25) is 0 Å². The number of aromatic nitrogens is 2. The van der Waals surface area contributed by atoms with Crippen molar-refractivity contribution in [2.75, 3.05) is 26.7 Å². The summed E-state index contributed by atoms with van der Waals surface area (Å²) in [6, 6.07) is 0.729. The van der Waals surface area contributed by atoms with Crippen LogP contribution < -0.4 is 0 Å². The summed E-state index contributed by atoms with van der Waals surface area (Å²) in [5.74, 6) is 0.903. The van der Waals surface area contributed by atoms with Crippen LogP contribution in [0.1, 0.15) is 49.5 Å². The second-order valence-corrected chi connectivity index (χ2v) is 6.74. The number of amides is 1. The minimum absolute atomic E-state index is 0.148. The number of nitrogens with zero attached hydrogens (tertiary/aromatic N) is 4. The Morgan fingerprint density at radius 3 is 2.68 bits per heavy atom. The molecule has 0 aromatic carbocycles. The highest BCUT2D eigenvalue weighted by Gasteiger charge is 2.32. The molecule has 1 aromatic rings. The molecule has 3 heterocycles. The minimum Gasteiger partial charge on any atom is -0.337 e. The first-order valence-corrected chi connectivity index (χ1v) is 8.70. The van der Waals surface area contributed by atoms with E-state index in [2.05, 4.69) is 16.9 Å². The average Bonchev–Trinajstić information content (AvgIpc) is 3.03. The Labute approximate surface area is 133 Å². The molecule has 2 fully saturated rings. The molecule has 0 unspecified atom stereocenters. The molecule has 2 saturated heterocycles. The van der Waals surface area contributed by atoms with Crippen molar-refractivity contribution in [2.24, 2.45) is 5.92 Å². The van der Waals surface area contributed by atoms with Crippen molar-refractivity contribution in [2.45, 2.75) is 51.6 Å². The van der Waals surface area contributed by atoms with Gasteiger partial charge in [-0.25, -0.2) is 4.98 Å². The lowest BCUT2D eigenvalue weighted by atomic mass is 9.84. The van der Waals surface area contributed by atoms with Crippen LogP contribution in [0.5, 0.6) is 0 Å². The standard InChI is InChI=1S/C17H28N4O/c1-3-20-13-18-12-16(20)17(22)21-10-7-14(8-11-21)15-6-4-5-9-19(15)2/h12-15H,3-11H2,1-2H3/t15-/m1/s1. The molecule has 22 heavy (non-hydrogen) atoms. The largest absolute Gasteiger partial charge is 0.337 e. The molecule has 1 atom stereocenters. The predicted molar refractivity (Wildman–Crippen MR) is 86.8 cm³/mol. The van der Waals surface area contributed by atoms with Crippen molar-refractivity contribution in [1.29, 1.82) is 0 Å². The zero-order chi connectivity index (χ0) is 15.5. The van der Waals surface area contributed by atoms with Crippen molar-refractivity contribution in [3.05, 3.63) is 18.2 Å². The van der Waals surface area contributed by atoms with Crippen molar-refractivity contribution in [3.63, 3.8) is 0 Å². The van der Waals surface area contributed by atoms with E-state index in [-0.39, 0.29) is 5.91 Å². The van der Waals surface area contributed by atoms with Gasteiger partial charge in [-0.15, -0.1) is 0 Å². The molecule has 2 aliphatic heterocycles. The van der Waals surface area contributed by atoms with Crippen molar-refractivity contribution < 1.29 is 4.79 Å². The summed E-state index contributed by atoms with van der Waals surface area (Å²) >= 11 is 0. The van der Waals surface area contributed by atoms with Gasteiger partial charge in [-0.05, 0) is 52.1 Å². The van der Waals surface area contributed by atoms with Crippen LogP contribution in [0.4, 0.5) is 0 Å². The molecule has 2 aliphatic rings. The molecule has 5 nitrogen and oxygen atoms in total. The fourth-order valence-electron chi connectivity index (χ4n) is 4.10. The van der Waals surface area contributed by atoms with Crippen LogP contribution in [0.25, 0.3) is 0 Å². The fraction of sp³-hybridized carbons (Fsp3) is 0.765. The van der Waals surface area contributed by atoms with E-state index in [9.17, 15) is 4.79 Å². The maximum atomic E-state index is 12.6. The topological polar surface area (TPSA) is 41.4 Å². The Balaban J connectivity index is 1.58. The molecular formula is C17H28N4O. The van der Waals surface area contributed by atoms with Gasteiger partial charge in [0.25, 0.3) is 5.91 Å². The van der Waals surface area contributed by atoms with Gasteiger partial charge in [0.15, 0.2) is 0 Å². The van der Waals surface area contributed by atoms with Gasteiger partial charge >= 0.3 is 0 Å². The smallest absolute Gasteiger partial charge is 0.272 e. The molecular weight excluding hydrogens is 276 g/mol. The van der Waals surface area contributed by atoms with E-state index in [1.165, 1.54) is 25.8 Å². The third-order valence-corrected chi connectivity index (χ3v) is 5.47. The predicted octanol–water partition coefficient (Wildman–Crippen LogP) is 2.24. The number of likely N-dealkylation sites (tertiary alicyclic amines) is 2. The van der Waals surface area contributed by atoms with Gasteiger partial charge in [-0.1, -0.05) is 6.42 Å². The van der Waals surface area contributed by atoms with E-state index in [0.29, 0.717) is 0 Å². The first-order chi connectivity index (χ1) is 10.7. The summed E-state index contributed by atoms with van der Waals surface area (Å²) in [7, 11) is 2.27. The van der Waals surface area contributed by atoms with Crippen LogP contribution in [0.3, 0.4) is 0 Å². The molecule has 0 saturated carbocycles. The van der Waals surface area contributed by atoms with E-state index in [4.69, 9.17) is 0 Å². The highest BCUT2D eigenvalue weighted by atomic mass is 16.2.